The topological polar surface area (TPSA) is 27.7 Å². The van der Waals surface area contributed by atoms with Crippen molar-refractivity contribution in [3.8, 4) is 0 Å². The summed E-state index contributed by atoms with van der Waals surface area (Å²) in [6.07, 6.45) is 0. The van der Waals surface area contributed by atoms with Crippen LogP contribution in [0.5, 0.6) is 0 Å². The van der Waals surface area contributed by atoms with Crippen molar-refractivity contribution in [2.45, 2.75) is 47.6 Å². The molecule has 0 bridgehead atoms. The SMILES string of the molecule is CCO[Si](Cc1cc(C)c(C)cc1C)(OCC)OCC. The van der Waals surface area contributed by atoms with Crippen molar-refractivity contribution >= 4 is 8.80 Å². The predicted octanol–water partition coefficient (Wildman–Crippen LogP) is 3.74. The molecule has 1 aromatic carbocycles. The van der Waals surface area contributed by atoms with Gasteiger partial charge >= 0.3 is 8.80 Å². The van der Waals surface area contributed by atoms with Crippen LogP contribution < -0.4 is 0 Å². The predicted molar refractivity (Wildman–Crippen MR) is 85.0 cm³/mol. The van der Waals surface area contributed by atoms with Gasteiger partial charge in [0.2, 0.25) is 0 Å². The maximum absolute atomic E-state index is 5.93. The van der Waals surface area contributed by atoms with Crippen LogP contribution in [0.2, 0.25) is 0 Å². The summed E-state index contributed by atoms with van der Waals surface area (Å²) < 4.78 is 17.8. The van der Waals surface area contributed by atoms with Crippen LogP contribution in [-0.4, -0.2) is 28.6 Å². The summed E-state index contributed by atoms with van der Waals surface area (Å²) in [7, 11) is -2.61. The first-order valence-corrected chi connectivity index (χ1v) is 9.39. The summed E-state index contributed by atoms with van der Waals surface area (Å²) in [4.78, 5) is 0. The molecule has 0 spiro atoms. The molecule has 0 aliphatic rings. The van der Waals surface area contributed by atoms with E-state index >= 15 is 0 Å². The number of benzene rings is 1. The molecule has 3 nitrogen and oxygen atoms in total. The maximum Gasteiger partial charge on any atom is 0.505 e. The largest absolute Gasteiger partial charge is 0.505 e. The molecule has 0 aromatic heterocycles. The Morgan fingerprint density at radius 3 is 1.65 bits per heavy atom. The number of hydrogen-bond donors (Lipinski definition) is 0. The average molecular weight is 296 g/mol. The van der Waals surface area contributed by atoms with Gasteiger partial charge in [-0.15, -0.1) is 0 Å². The molecule has 114 valence electrons. The highest BCUT2D eigenvalue weighted by Gasteiger charge is 2.41. The van der Waals surface area contributed by atoms with Crippen molar-refractivity contribution in [1.82, 2.24) is 0 Å². The van der Waals surface area contributed by atoms with E-state index in [4.69, 9.17) is 13.3 Å². The summed E-state index contributed by atoms with van der Waals surface area (Å²) in [6, 6.07) is 5.21. The maximum atomic E-state index is 5.93. The third-order valence-corrected chi connectivity index (χ3v) is 6.45. The van der Waals surface area contributed by atoms with Gasteiger partial charge in [-0.25, -0.2) is 0 Å². The zero-order valence-electron chi connectivity index (χ0n) is 13.7. The van der Waals surface area contributed by atoms with Crippen LogP contribution in [0.1, 0.15) is 43.0 Å². The normalized spacial score (nSPS) is 11.9. The average Bonchev–Trinajstić information content (AvgIpc) is 2.37. The van der Waals surface area contributed by atoms with Crippen molar-refractivity contribution in [3.05, 3.63) is 34.4 Å². The van der Waals surface area contributed by atoms with Crippen LogP contribution in [0.25, 0.3) is 0 Å². The molecule has 0 unspecified atom stereocenters. The van der Waals surface area contributed by atoms with Crippen molar-refractivity contribution in [2.75, 3.05) is 19.8 Å². The van der Waals surface area contributed by atoms with Crippen molar-refractivity contribution < 1.29 is 13.3 Å². The standard InChI is InChI=1S/C16H28O3Si/c1-7-17-20(18-8-2,19-9-3)12-16-11-14(5)13(4)10-15(16)6/h10-11H,7-9,12H2,1-6H3. The minimum Gasteiger partial charge on any atom is -0.374 e. The first-order valence-electron chi connectivity index (χ1n) is 7.46. The van der Waals surface area contributed by atoms with Gasteiger partial charge < -0.3 is 13.3 Å². The summed E-state index contributed by atoms with van der Waals surface area (Å²) in [5, 5.41) is 0. The van der Waals surface area contributed by atoms with Gasteiger partial charge in [-0.05, 0) is 63.8 Å². The van der Waals surface area contributed by atoms with Gasteiger partial charge in [0.05, 0.1) is 0 Å². The Kier molecular flexibility index (Phi) is 6.89. The molecule has 1 rings (SSSR count). The number of rotatable bonds is 8. The Morgan fingerprint density at radius 2 is 1.20 bits per heavy atom. The first-order chi connectivity index (χ1) is 9.48. The molecule has 0 saturated carbocycles. The molecule has 0 aliphatic heterocycles. The summed E-state index contributed by atoms with van der Waals surface area (Å²) in [5.74, 6) is 0. The van der Waals surface area contributed by atoms with Crippen LogP contribution in [-0.2, 0) is 19.3 Å². The second kappa shape index (κ2) is 7.93. The number of aryl methyl sites for hydroxylation is 3. The summed E-state index contributed by atoms with van der Waals surface area (Å²) >= 11 is 0. The fraction of sp³-hybridized carbons (Fsp3) is 0.625. The van der Waals surface area contributed by atoms with E-state index in [0.717, 1.165) is 6.04 Å². The van der Waals surface area contributed by atoms with E-state index in [-0.39, 0.29) is 0 Å². The van der Waals surface area contributed by atoms with Crippen LogP contribution in [0, 0.1) is 20.8 Å². The fourth-order valence-corrected chi connectivity index (χ4v) is 5.10. The second-order valence-corrected chi connectivity index (χ2v) is 7.61. The van der Waals surface area contributed by atoms with Crippen LogP contribution in [0.15, 0.2) is 12.1 Å². The lowest BCUT2D eigenvalue weighted by molar-refractivity contribution is 0.0703. The Hall–Kier alpha value is -0.683. The molecule has 0 fully saturated rings. The van der Waals surface area contributed by atoms with E-state index in [1.807, 2.05) is 20.8 Å². The summed E-state index contributed by atoms with van der Waals surface area (Å²) in [5.41, 5.74) is 5.18. The van der Waals surface area contributed by atoms with Crippen molar-refractivity contribution in [2.24, 2.45) is 0 Å². The Bertz CT molecular complexity index is 415. The molecule has 0 aliphatic carbocycles. The summed E-state index contributed by atoms with van der Waals surface area (Å²) in [6.45, 7) is 14.3. The Morgan fingerprint density at radius 1 is 0.750 bits per heavy atom. The molecule has 0 heterocycles. The monoisotopic (exact) mass is 296 g/mol. The van der Waals surface area contributed by atoms with Crippen LogP contribution in [0.4, 0.5) is 0 Å². The lowest BCUT2D eigenvalue weighted by atomic mass is 10.0. The molecule has 0 saturated heterocycles. The van der Waals surface area contributed by atoms with Gasteiger partial charge in [0, 0.05) is 25.9 Å². The highest BCUT2D eigenvalue weighted by molar-refractivity contribution is 6.60. The van der Waals surface area contributed by atoms with Gasteiger partial charge in [0.25, 0.3) is 0 Å². The molecule has 0 radical (unpaired) electrons. The molecular formula is C16H28O3Si. The Labute approximate surface area is 124 Å². The third kappa shape index (κ3) is 4.41. The van der Waals surface area contributed by atoms with Crippen LogP contribution >= 0.6 is 0 Å². The van der Waals surface area contributed by atoms with Gasteiger partial charge in [-0.2, -0.15) is 0 Å². The zero-order chi connectivity index (χ0) is 15.2. The Balaban J connectivity index is 3.07. The first kappa shape index (κ1) is 17.4. The fourth-order valence-electron chi connectivity index (χ4n) is 2.38. The molecule has 0 N–H and O–H groups in total. The van der Waals surface area contributed by atoms with Gasteiger partial charge in [0.15, 0.2) is 0 Å². The van der Waals surface area contributed by atoms with Crippen LogP contribution in [0.3, 0.4) is 0 Å². The van der Waals surface area contributed by atoms with E-state index in [1.165, 1.54) is 22.3 Å². The van der Waals surface area contributed by atoms with Gasteiger partial charge in [-0.1, -0.05) is 12.1 Å². The molecule has 0 amide bonds. The van der Waals surface area contributed by atoms with E-state index in [0.29, 0.717) is 19.8 Å². The van der Waals surface area contributed by atoms with E-state index in [2.05, 4.69) is 32.9 Å². The molecule has 1 aromatic rings. The highest BCUT2D eigenvalue weighted by atomic mass is 28.4. The van der Waals surface area contributed by atoms with Gasteiger partial charge in [-0.3, -0.25) is 0 Å². The molecular weight excluding hydrogens is 268 g/mol. The zero-order valence-corrected chi connectivity index (χ0v) is 14.7. The highest BCUT2D eigenvalue weighted by Crippen LogP contribution is 2.22. The van der Waals surface area contributed by atoms with Crippen molar-refractivity contribution in [1.29, 1.82) is 0 Å². The third-order valence-electron chi connectivity index (χ3n) is 3.45. The minimum absolute atomic E-state index is 0.621. The molecule has 0 atom stereocenters. The van der Waals surface area contributed by atoms with E-state index in [1.54, 1.807) is 0 Å². The van der Waals surface area contributed by atoms with E-state index in [9.17, 15) is 0 Å². The van der Waals surface area contributed by atoms with Gasteiger partial charge in [0.1, 0.15) is 0 Å². The lowest BCUT2D eigenvalue weighted by Gasteiger charge is -2.29. The quantitative estimate of drug-likeness (QED) is 0.684. The lowest BCUT2D eigenvalue weighted by Crippen LogP contribution is -2.48. The smallest absolute Gasteiger partial charge is 0.374 e. The van der Waals surface area contributed by atoms with E-state index < -0.39 is 8.80 Å². The number of hydrogen-bond acceptors (Lipinski definition) is 3. The minimum atomic E-state index is -2.61. The molecule has 20 heavy (non-hydrogen) atoms. The molecule has 4 heteroatoms. The van der Waals surface area contributed by atoms with Crippen molar-refractivity contribution in [3.63, 3.8) is 0 Å². The second-order valence-electron chi connectivity index (χ2n) is 5.02.